The Labute approximate surface area is 121 Å². The van der Waals surface area contributed by atoms with Gasteiger partial charge in [0.2, 0.25) is 0 Å². The quantitative estimate of drug-likeness (QED) is 0.836. The molecule has 0 spiro atoms. The van der Waals surface area contributed by atoms with Gasteiger partial charge in [0.25, 0.3) is 0 Å². The van der Waals surface area contributed by atoms with E-state index in [0.717, 1.165) is 24.3 Å². The molecule has 0 amide bonds. The molecule has 3 nitrogen and oxygen atoms in total. The van der Waals surface area contributed by atoms with Crippen molar-refractivity contribution in [2.24, 2.45) is 5.73 Å². The Morgan fingerprint density at radius 2 is 2.05 bits per heavy atom. The minimum Gasteiger partial charge on any atom is -0.389 e. The van der Waals surface area contributed by atoms with Gasteiger partial charge in [-0.2, -0.15) is 0 Å². The third-order valence-corrected chi connectivity index (χ3v) is 4.00. The van der Waals surface area contributed by atoms with E-state index in [2.05, 4.69) is 42.0 Å². The maximum atomic E-state index is 5.83. The molecule has 1 aromatic carbocycles. The molecule has 2 rings (SSSR count). The van der Waals surface area contributed by atoms with Crippen LogP contribution in [-0.2, 0) is 0 Å². The van der Waals surface area contributed by atoms with E-state index in [1.54, 1.807) is 0 Å². The SMILES string of the molecule is Cc1ccc(N(C)CCN2CCCC2)c(C(N)=S)c1. The van der Waals surface area contributed by atoms with Crippen molar-refractivity contribution in [3.05, 3.63) is 29.3 Å². The van der Waals surface area contributed by atoms with Crippen LogP contribution in [-0.4, -0.2) is 43.1 Å². The largest absolute Gasteiger partial charge is 0.389 e. The maximum Gasteiger partial charge on any atom is 0.106 e. The number of hydrogen-bond acceptors (Lipinski definition) is 3. The minimum atomic E-state index is 0.478. The molecule has 1 aliphatic rings. The Morgan fingerprint density at radius 1 is 1.37 bits per heavy atom. The number of likely N-dealkylation sites (tertiary alicyclic amines) is 1. The van der Waals surface area contributed by atoms with Crippen LogP contribution in [0.15, 0.2) is 18.2 Å². The number of rotatable bonds is 5. The molecular weight excluding hydrogens is 254 g/mol. The average molecular weight is 277 g/mol. The molecule has 2 N–H and O–H groups in total. The Balaban J connectivity index is 2.05. The van der Waals surface area contributed by atoms with E-state index in [4.69, 9.17) is 18.0 Å². The molecule has 0 atom stereocenters. The monoisotopic (exact) mass is 277 g/mol. The number of hydrogen-bond donors (Lipinski definition) is 1. The van der Waals surface area contributed by atoms with Gasteiger partial charge in [0.05, 0.1) is 0 Å². The molecule has 0 aromatic heterocycles. The summed E-state index contributed by atoms with van der Waals surface area (Å²) in [4.78, 5) is 5.25. The van der Waals surface area contributed by atoms with E-state index in [1.807, 2.05) is 0 Å². The van der Waals surface area contributed by atoms with Gasteiger partial charge in [-0.05, 0) is 45.0 Å². The fourth-order valence-corrected chi connectivity index (χ4v) is 2.76. The molecule has 0 unspecified atom stereocenters. The van der Waals surface area contributed by atoms with Crippen molar-refractivity contribution in [3.8, 4) is 0 Å². The number of nitrogens with zero attached hydrogens (tertiary/aromatic N) is 2. The van der Waals surface area contributed by atoms with Crippen LogP contribution < -0.4 is 10.6 Å². The normalized spacial score (nSPS) is 15.7. The lowest BCUT2D eigenvalue weighted by atomic mass is 10.1. The van der Waals surface area contributed by atoms with Gasteiger partial charge in [-0.25, -0.2) is 0 Å². The van der Waals surface area contributed by atoms with Gasteiger partial charge in [-0.3, -0.25) is 0 Å². The highest BCUT2D eigenvalue weighted by Gasteiger charge is 2.14. The predicted molar refractivity (Wildman–Crippen MR) is 86.0 cm³/mol. The van der Waals surface area contributed by atoms with Crippen molar-refractivity contribution < 1.29 is 0 Å². The second-order valence-electron chi connectivity index (χ2n) is 5.36. The summed E-state index contributed by atoms with van der Waals surface area (Å²) in [6.07, 6.45) is 2.68. The van der Waals surface area contributed by atoms with Gasteiger partial charge in [-0.15, -0.1) is 0 Å². The summed E-state index contributed by atoms with van der Waals surface area (Å²) < 4.78 is 0. The summed E-state index contributed by atoms with van der Waals surface area (Å²) >= 11 is 5.16. The number of nitrogens with two attached hydrogens (primary N) is 1. The number of benzene rings is 1. The summed E-state index contributed by atoms with van der Waals surface area (Å²) in [5, 5.41) is 0. The molecule has 1 saturated heterocycles. The molecule has 1 aliphatic heterocycles. The lowest BCUT2D eigenvalue weighted by Crippen LogP contribution is -2.32. The van der Waals surface area contributed by atoms with E-state index in [9.17, 15) is 0 Å². The van der Waals surface area contributed by atoms with E-state index < -0.39 is 0 Å². The first-order valence-electron chi connectivity index (χ1n) is 6.92. The first-order valence-corrected chi connectivity index (χ1v) is 7.32. The molecule has 0 bridgehead atoms. The second kappa shape index (κ2) is 6.35. The molecule has 1 heterocycles. The first kappa shape index (κ1) is 14.3. The van der Waals surface area contributed by atoms with Crippen LogP contribution in [0, 0.1) is 6.92 Å². The van der Waals surface area contributed by atoms with Crippen LogP contribution in [0.3, 0.4) is 0 Å². The Hall–Kier alpha value is -1.13. The van der Waals surface area contributed by atoms with Crippen LogP contribution in [0.1, 0.15) is 24.0 Å². The van der Waals surface area contributed by atoms with Crippen molar-refractivity contribution in [2.75, 3.05) is 38.1 Å². The summed E-state index contributed by atoms with van der Waals surface area (Å²) in [7, 11) is 2.11. The van der Waals surface area contributed by atoms with Crippen molar-refractivity contribution in [1.82, 2.24) is 4.90 Å². The van der Waals surface area contributed by atoms with Crippen LogP contribution >= 0.6 is 12.2 Å². The van der Waals surface area contributed by atoms with Gasteiger partial charge in [0, 0.05) is 31.4 Å². The third-order valence-electron chi connectivity index (χ3n) is 3.78. The smallest absolute Gasteiger partial charge is 0.106 e. The molecule has 0 aliphatic carbocycles. The van der Waals surface area contributed by atoms with Gasteiger partial charge in [-0.1, -0.05) is 23.8 Å². The van der Waals surface area contributed by atoms with E-state index in [1.165, 1.54) is 31.5 Å². The van der Waals surface area contributed by atoms with Crippen molar-refractivity contribution in [2.45, 2.75) is 19.8 Å². The minimum absolute atomic E-state index is 0.478. The van der Waals surface area contributed by atoms with E-state index in [-0.39, 0.29) is 0 Å². The summed E-state index contributed by atoms with van der Waals surface area (Å²) in [5.74, 6) is 0. The van der Waals surface area contributed by atoms with Crippen LogP contribution in [0.5, 0.6) is 0 Å². The topological polar surface area (TPSA) is 32.5 Å². The molecule has 19 heavy (non-hydrogen) atoms. The van der Waals surface area contributed by atoms with Gasteiger partial charge >= 0.3 is 0 Å². The molecule has 1 aromatic rings. The van der Waals surface area contributed by atoms with Gasteiger partial charge in [0.15, 0.2) is 0 Å². The number of aryl methyl sites for hydroxylation is 1. The Morgan fingerprint density at radius 3 is 2.68 bits per heavy atom. The molecule has 104 valence electrons. The predicted octanol–water partition coefficient (Wildman–Crippen LogP) is 2.16. The average Bonchev–Trinajstić information content (AvgIpc) is 2.88. The highest BCUT2D eigenvalue weighted by atomic mass is 32.1. The molecule has 0 radical (unpaired) electrons. The summed E-state index contributed by atoms with van der Waals surface area (Å²) in [6, 6.07) is 6.31. The zero-order chi connectivity index (χ0) is 13.8. The summed E-state index contributed by atoms with van der Waals surface area (Å²) in [5.41, 5.74) is 9.15. The number of anilines is 1. The molecule has 1 fully saturated rings. The van der Waals surface area contributed by atoms with E-state index in [0.29, 0.717) is 4.99 Å². The highest BCUT2D eigenvalue weighted by Crippen LogP contribution is 2.21. The zero-order valence-corrected chi connectivity index (χ0v) is 12.7. The van der Waals surface area contributed by atoms with Crippen LogP contribution in [0.25, 0.3) is 0 Å². The van der Waals surface area contributed by atoms with Crippen LogP contribution in [0.2, 0.25) is 0 Å². The highest BCUT2D eigenvalue weighted by molar-refractivity contribution is 7.80. The van der Waals surface area contributed by atoms with Crippen molar-refractivity contribution >= 4 is 22.9 Å². The second-order valence-corrected chi connectivity index (χ2v) is 5.79. The van der Waals surface area contributed by atoms with Gasteiger partial charge < -0.3 is 15.5 Å². The summed E-state index contributed by atoms with van der Waals surface area (Å²) in [6.45, 7) is 6.67. The fourth-order valence-electron chi connectivity index (χ4n) is 2.60. The number of thiocarbonyl (C=S) groups is 1. The van der Waals surface area contributed by atoms with Crippen molar-refractivity contribution in [3.63, 3.8) is 0 Å². The number of likely N-dealkylation sites (N-methyl/N-ethyl adjacent to an activating group) is 1. The van der Waals surface area contributed by atoms with E-state index >= 15 is 0 Å². The molecular formula is C15H23N3S. The standard InChI is InChI=1S/C15H23N3S/c1-12-5-6-14(13(11-12)15(16)19)17(2)9-10-18-7-3-4-8-18/h5-6,11H,3-4,7-10H2,1-2H3,(H2,16,19). The Kier molecular flexibility index (Phi) is 4.77. The fraction of sp³-hybridized carbons (Fsp3) is 0.533. The lowest BCUT2D eigenvalue weighted by Gasteiger charge is -2.25. The molecule has 4 heteroatoms. The van der Waals surface area contributed by atoms with Crippen molar-refractivity contribution in [1.29, 1.82) is 0 Å². The molecule has 0 saturated carbocycles. The Bertz CT molecular complexity index is 453. The zero-order valence-electron chi connectivity index (χ0n) is 11.9. The lowest BCUT2D eigenvalue weighted by molar-refractivity contribution is 0.346. The first-order chi connectivity index (χ1) is 9.08. The third kappa shape index (κ3) is 3.67. The van der Waals surface area contributed by atoms with Gasteiger partial charge in [0.1, 0.15) is 4.99 Å². The van der Waals surface area contributed by atoms with Crippen LogP contribution in [0.4, 0.5) is 5.69 Å². The maximum absolute atomic E-state index is 5.83.